The van der Waals surface area contributed by atoms with Crippen molar-refractivity contribution in [3.05, 3.63) is 136 Å². The van der Waals surface area contributed by atoms with Crippen molar-refractivity contribution < 1.29 is 14.3 Å². The van der Waals surface area contributed by atoms with Crippen LogP contribution in [0.2, 0.25) is 5.02 Å². The Kier molecular flexibility index (Phi) is 6.65. The predicted octanol–water partition coefficient (Wildman–Crippen LogP) is 6.02. The Morgan fingerprint density at radius 2 is 1.42 bits per heavy atom. The van der Waals surface area contributed by atoms with E-state index in [0.717, 1.165) is 23.1 Å². The summed E-state index contributed by atoms with van der Waals surface area (Å²) in [6, 6.07) is 33.8. The number of nitrogens with one attached hydrogen (secondary N) is 1. The zero-order valence-corrected chi connectivity index (χ0v) is 20.1. The van der Waals surface area contributed by atoms with E-state index >= 15 is 0 Å². The number of hydrogen-bond acceptors (Lipinski definition) is 4. The molecule has 5 nitrogen and oxygen atoms in total. The number of halogens is 1. The summed E-state index contributed by atoms with van der Waals surface area (Å²) in [6.45, 7) is 0. The van der Waals surface area contributed by atoms with Crippen molar-refractivity contribution in [2.75, 3.05) is 0 Å². The van der Waals surface area contributed by atoms with Crippen molar-refractivity contribution in [1.82, 2.24) is 5.43 Å². The van der Waals surface area contributed by atoms with Crippen LogP contribution in [0.5, 0.6) is 5.75 Å². The third-order valence-corrected chi connectivity index (χ3v) is 6.76. The predicted molar refractivity (Wildman–Crippen MR) is 140 cm³/mol. The Morgan fingerprint density at radius 1 is 0.833 bits per heavy atom. The molecule has 4 aromatic carbocycles. The number of carbonyl (C=O) groups excluding carboxylic acids is 2. The summed E-state index contributed by atoms with van der Waals surface area (Å²) in [7, 11) is 0. The topological polar surface area (TPSA) is 67.8 Å². The molecule has 36 heavy (non-hydrogen) atoms. The Hall–Kier alpha value is -4.22. The number of hydrogen-bond donors (Lipinski definition) is 1. The molecule has 6 heteroatoms. The van der Waals surface area contributed by atoms with Crippen LogP contribution in [-0.2, 0) is 10.2 Å². The molecule has 0 radical (unpaired) electrons. The van der Waals surface area contributed by atoms with Gasteiger partial charge in [-0.1, -0.05) is 84.4 Å². The van der Waals surface area contributed by atoms with E-state index in [-0.39, 0.29) is 17.2 Å². The first-order valence-corrected chi connectivity index (χ1v) is 12.0. The van der Waals surface area contributed by atoms with E-state index in [2.05, 4.69) is 34.8 Å². The maximum Gasteiger partial charge on any atom is 0.345 e. The zero-order valence-electron chi connectivity index (χ0n) is 19.3. The summed E-state index contributed by atoms with van der Waals surface area (Å²) in [5.41, 5.74) is 5.66. The molecule has 178 valence electrons. The van der Waals surface area contributed by atoms with Gasteiger partial charge >= 0.3 is 5.97 Å². The normalized spacial score (nSPS) is 15.9. The first kappa shape index (κ1) is 23.5. The maximum atomic E-state index is 13.0. The van der Waals surface area contributed by atoms with Crippen molar-refractivity contribution in [3.8, 4) is 5.75 Å². The van der Waals surface area contributed by atoms with Gasteiger partial charge in [-0.3, -0.25) is 4.79 Å². The highest BCUT2D eigenvalue weighted by molar-refractivity contribution is 6.33. The van der Waals surface area contributed by atoms with Gasteiger partial charge in [0.1, 0.15) is 5.75 Å². The van der Waals surface area contributed by atoms with Gasteiger partial charge in [0.25, 0.3) is 0 Å². The van der Waals surface area contributed by atoms with Gasteiger partial charge in [0.15, 0.2) is 0 Å². The minimum absolute atomic E-state index is 0.121. The third kappa shape index (κ3) is 4.79. The summed E-state index contributed by atoms with van der Waals surface area (Å²) < 4.78 is 5.39. The smallest absolute Gasteiger partial charge is 0.345 e. The fourth-order valence-electron chi connectivity index (χ4n) is 4.51. The minimum Gasteiger partial charge on any atom is -0.423 e. The Morgan fingerprint density at radius 3 is 2.03 bits per heavy atom. The number of carbonyl (C=O) groups is 2. The number of esters is 1. The van der Waals surface area contributed by atoms with E-state index in [1.54, 1.807) is 54.7 Å². The number of amides is 1. The summed E-state index contributed by atoms with van der Waals surface area (Å²) in [4.78, 5) is 25.3. The molecule has 0 saturated heterocycles. The summed E-state index contributed by atoms with van der Waals surface area (Å²) in [5.74, 6) is -0.469. The van der Waals surface area contributed by atoms with Gasteiger partial charge in [-0.2, -0.15) is 5.10 Å². The second kappa shape index (κ2) is 10.2. The second-order valence-electron chi connectivity index (χ2n) is 8.63. The SMILES string of the molecule is O=C(Oc1ccc(/C=N/NC(=O)C2CC2(c2ccccc2)c2ccccc2)cc1)c1ccccc1Cl. The molecule has 0 aromatic heterocycles. The first-order chi connectivity index (χ1) is 17.6. The van der Waals surface area contributed by atoms with E-state index in [9.17, 15) is 9.59 Å². The molecule has 1 aliphatic carbocycles. The molecular formula is C30H23ClN2O3. The number of hydrazone groups is 1. The molecule has 1 unspecified atom stereocenters. The lowest BCUT2D eigenvalue weighted by Crippen LogP contribution is -2.25. The second-order valence-corrected chi connectivity index (χ2v) is 9.04. The molecule has 1 aliphatic rings. The number of nitrogens with zero attached hydrogens (tertiary/aromatic N) is 1. The van der Waals surface area contributed by atoms with Gasteiger partial charge in [-0.25, -0.2) is 10.2 Å². The number of ether oxygens (including phenoxy) is 1. The lowest BCUT2D eigenvalue weighted by atomic mass is 9.85. The summed E-state index contributed by atoms with van der Waals surface area (Å²) >= 11 is 6.05. The van der Waals surface area contributed by atoms with E-state index in [1.165, 1.54) is 0 Å². The van der Waals surface area contributed by atoms with Crippen LogP contribution >= 0.6 is 11.6 Å². The van der Waals surface area contributed by atoms with Crippen LogP contribution in [0.4, 0.5) is 0 Å². The average Bonchev–Trinajstić information content (AvgIpc) is 3.68. The van der Waals surface area contributed by atoms with Crippen LogP contribution in [0.25, 0.3) is 0 Å². The van der Waals surface area contributed by atoms with Crippen LogP contribution in [0.3, 0.4) is 0 Å². The van der Waals surface area contributed by atoms with Crippen LogP contribution in [0.15, 0.2) is 114 Å². The van der Waals surface area contributed by atoms with Gasteiger partial charge in [0.2, 0.25) is 5.91 Å². The summed E-state index contributed by atoms with van der Waals surface area (Å²) in [5, 5.41) is 4.49. The molecule has 1 amide bonds. The van der Waals surface area contributed by atoms with Crippen molar-refractivity contribution in [2.24, 2.45) is 11.0 Å². The van der Waals surface area contributed by atoms with Crippen molar-refractivity contribution in [1.29, 1.82) is 0 Å². The average molecular weight is 495 g/mol. The van der Waals surface area contributed by atoms with E-state index in [4.69, 9.17) is 16.3 Å². The molecule has 5 rings (SSSR count). The Bertz CT molecular complexity index is 1360. The first-order valence-electron chi connectivity index (χ1n) is 11.6. The number of rotatable bonds is 7. The molecule has 1 N–H and O–H groups in total. The lowest BCUT2D eigenvalue weighted by Gasteiger charge is -2.18. The van der Waals surface area contributed by atoms with Crippen LogP contribution in [0.1, 0.15) is 33.5 Å². The Balaban J connectivity index is 1.22. The fourth-order valence-corrected chi connectivity index (χ4v) is 4.73. The molecule has 0 bridgehead atoms. The van der Waals surface area contributed by atoms with Crippen molar-refractivity contribution in [3.63, 3.8) is 0 Å². The fraction of sp³-hybridized carbons (Fsp3) is 0.100. The van der Waals surface area contributed by atoms with Gasteiger partial charge in [0.05, 0.1) is 22.7 Å². The quantitative estimate of drug-likeness (QED) is 0.148. The molecule has 0 spiro atoms. The monoisotopic (exact) mass is 494 g/mol. The van der Waals surface area contributed by atoms with Gasteiger partial charge in [-0.15, -0.1) is 0 Å². The van der Waals surface area contributed by atoms with E-state index in [0.29, 0.717) is 16.3 Å². The van der Waals surface area contributed by atoms with Crippen LogP contribution in [-0.4, -0.2) is 18.1 Å². The van der Waals surface area contributed by atoms with Crippen LogP contribution < -0.4 is 10.2 Å². The molecule has 1 saturated carbocycles. The minimum atomic E-state index is -0.529. The molecule has 0 heterocycles. The largest absolute Gasteiger partial charge is 0.423 e. The Labute approximate surface area is 214 Å². The highest BCUT2D eigenvalue weighted by atomic mass is 35.5. The number of benzene rings is 4. The van der Waals surface area contributed by atoms with Gasteiger partial charge < -0.3 is 4.74 Å². The highest BCUT2D eigenvalue weighted by Gasteiger charge is 2.60. The highest BCUT2D eigenvalue weighted by Crippen LogP contribution is 2.58. The van der Waals surface area contributed by atoms with Crippen molar-refractivity contribution >= 4 is 29.7 Å². The van der Waals surface area contributed by atoms with Gasteiger partial charge in [0, 0.05) is 5.41 Å². The van der Waals surface area contributed by atoms with Crippen LogP contribution in [0, 0.1) is 5.92 Å². The van der Waals surface area contributed by atoms with Crippen molar-refractivity contribution in [2.45, 2.75) is 11.8 Å². The molecule has 0 aliphatic heterocycles. The van der Waals surface area contributed by atoms with Gasteiger partial charge in [-0.05, 0) is 59.5 Å². The molecule has 4 aromatic rings. The zero-order chi connectivity index (χ0) is 25.0. The third-order valence-electron chi connectivity index (χ3n) is 6.43. The molecule has 1 atom stereocenters. The lowest BCUT2D eigenvalue weighted by molar-refractivity contribution is -0.122. The molecule has 1 fully saturated rings. The standard InChI is InChI=1S/C30H23ClN2O3/c31-27-14-8-7-13-25(27)29(35)36-24-17-15-21(16-18-24)20-32-33-28(34)26-19-30(26,22-9-3-1-4-10-22)23-11-5-2-6-12-23/h1-18,20,26H,19H2,(H,33,34)/b32-20+. The summed E-state index contributed by atoms with van der Waals surface area (Å²) in [6.07, 6.45) is 2.29. The van der Waals surface area contributed by atoms with E-state index < -0.39 is 5.97 Å². The van der Waals surface area contributed by atoms with E-state index in [1.807, 2.05) is 36.4 Å². The molecular weight excluding hydrogens is 472 g/mol. The maximum absolute atomic E-state index is 13.0.